The molecular weight excluding hydrogens is 299 g/mol. The molecule has 4 nitrogen and oxygen atoms in total. The predicted molar refractivity (Wildman–Crippen MR) is 80.6 cm³/mol. The maximum Gasteiger partial charge on any atom is 0.236 e. The lowest BCUT2D eigenvalue weighted by Crippen LogP contribution is -2.38. The van der Waals surface area contributed by atoms with Crippen LogP contribution < -0.4 is 10.1 Å². The van der Waals surface area contributed by atoms with Gasteiger partial charge in [-0.1, -0.05) is 23.2 Å². The predicted octanol–water partition coefficient (Wildman–Crippen LogP) is 2.88. The molecule has 6 heteroatoms. The van der Waals surface area contributed by atoms with Gasteiger partial charge in [-0.15, -0.1) is 0 Å². The molecule has 1 unspecified atom stereocenters. The number of fused-ring (bicyclic) bond motifs is 1. The average Bonchev–Trinajstić information content (AvgIpc) is 2.43. The van der Waals surface area contributed by atoms with Crippen LogP contribution >= 0.6 is 23.2 Å². The van der Waals surface area contributed by atoms with Crippen LogP contribution in [-0.4, -0.2) is 37.6 Å². The third-order valence-corrected chi connectivity index (χ3v) is 3.96. The van der Waals surface area contributed by atoms with Gasteiger partial charge in [-0.3, -0.25) is 4.79 Å². The van der Waals surface area contributed by atoms with Crippen LogP contribution in [0.2, 0.25) is 10.0 Å². The molecule has 20 heavy (non-hydrogen) atoms. The molecule has 0 radical (unpaired) electrons. The second-order valence-electron chi connectivity index (χ2n) is 4.78. The summed E-state index contributed by atoms with van der Waals surface area (Å²) in [7, 11) is 1.79. The monoisotopic (exact) mass is 316 g/mol. The minimum atomic E-state index is 0.0316. The van der Waals surface area contributed by atoms with Crippen molar-refractivity contribution in [3.8, 4) is 5.75 Å². The molecule has 1 heterocycles. The molecule has 1 aromatic carbocycles. The summed E-state index contributed by atoms with van der Waals surface area (Å²) >= 11 is 12.2. The number of carbonyl (C=O) groups is 1. The molecule has 2 rings (SSSR count). The van der Waals surface area contributed by atoms with Gasteiger partial charge in [-0.05, 0) is 19.1 Å². The van der Waals surface area contributed by atoms with Crippen molar-refractivity contribution in [2.24, 2.45) is 0 Å². The summed E-state index contributed by atoms with van der Waals surface area (Å²) in [6, 6.07) is 3.54. The molecule has 1 atom stereocenters. The molecule has 1 N–H and O–H groups in total. The second kappa shape index (κ2) is 6.66. The quantitative estimate of drug-likeness (QED) is 0.928. The van der Waals surface area contributed by atoms with Crippen LogP contribution in [0.1, 0.15) is 24.9 Å². The number of ether oxygens (including phenoxy) is 1. The number of hydrogen-bond acceptors (Lipinski definition) is 3. The highest BCUT2D eigenvalue weighted by Crippen LogP contribution is 2.39. The van der Waals surface area contributed by atoms with E-state index in [2.05, 4.69) is 5.32 Å². The number of likely N-dealkylation sites (N-methyl/N-ethyl adjacent to an activating group) is 1. The Morgan fingerprint density at radius 2 is 2.25 bits per heavy atom. The fourth-order valence-corrected chi connectivity index (χ4v) is 2.72. The van der Waals surface area contributed by atoms with Crippen LogP contribution in [0.3, 0.4) is 0 Å². The van der Waals surface area contributed by atoms with Crippen LogP contribution in [0.15, 0.2) is 12.1 Å². The molecular formula is C14H18Cl2N2O2. The number of nitrogens with zero attached hydrogens (tertiary/aromatic N) is 1. The largest absolute Gasteiger partial charge is 0.492 e. The van der Waals surface area contributed by atoms with Crippen molar-refractivity contribution in [3.05, 3.63) is 27.7 Å². The Hall–Kier alpha value is -0.970. The zero-order valence-electron chi connectivity index (χ0n) is 11.6. The number of rotatable bonds is 4. The summed E-state index contributed by atoms with van der Waals surface area (Å²) in [5.74, 6) is 0.727. The smallest absolute Gasteiger partial charge is 0.236 e. The number of carbonyl (C=O) groups excluding carboxylic acids is 1. The van der Waals surface area contributed by atoms with E-state index >= 15 is 0 Å². The third-order valence-electron chi connectivity index (χ3n) is 3.47. The highest BCUT2D eigenvalue weighted by molar-refractivity contribution is 6.35. The van der Waals surface area contributed by atoms with E-state index in [9.17, 15) is 4.79 Å². The molecule has 0 saturated carbocycles. The van der Waals surface area contributed by atoms with Crippen molar-refractivity contribution in [2.45, 2.75) is 19.4 Å². The van der Waals surface area contributed by atoms with Crippen molar-refractivity contribution in [3.63, 3.8) is 0 Å². The summed E-state index contributed by atoms with van der Waals surface area (Å²) in [5.41, 5.74) is 0.917. The summed E-state index contributed by atoms with van der Waals surface area (Å²) in [4.78, 5) is 13.5. The van der Waals surface area contributed by atoms with E-state index < -0.39 is 0 Å². The molecule has 0 saturated heterocycles. The molecule has 0 fully saturated rings. The van der Waals surface area contributed by atoms with Gasteiger partial charge in [0.05, 0.1) is 18.2 Å². The molecule has 0 aliphatic carbocycles. The Bertz CT molecular complexity index is 508. The lowest BCUT2D eigenvalue weighted by Gasteiger charge is -2.28. The van der Waals surface area contributed by atoms with E-state index in [1.54, 1.807) is 18.0 Å². The number of halogens is 2. The minimum absolute atomic E-state index is 0.0316. The van der Waals surface area contributed by atoms with Gasteiger partial charge in [-0.25, -0.2) is 0 Å². The number of benzene rings is 1. The molecule has 110 valence electrons. The van der Waals surface area contributed by atoms with E-state index in [0.717, 1.165) is 12.0 Å². The van der Waals surface area contributed by atoms with Crippen molar-refractivity contribution in [2.75, 3.05) is 26.7 Å². The minimum Gasteiger partial charge on any atom is -0.492 e. The van der Waals surface area contributed by atoms with Gasteiger partial charge in [0.2, 0.25) is 5.91 Å². The van der Waals surface area contributed by atoms with Gasteiger partial charge in [-0.2, -0.15) is 0 Å². The first-order valence-corrected chi connectivity index (χ1v) is 7.37. The van der Waals surface area contributed by atoms with E-state index in [1.165, 1.54) is 0 Å². The van der Waals surface area contributed by atoms with Crippen LogP contribution in [0.5, 0.6) is 5.75 Å². The zero-order valence-corrected chi connectivity index (χ0v) is 13.1. The second-order valence-corrected chi connectivity index (χ2v) is 5.63. The molecule has 0 spiro atoms. The van der Waals surface area contributed by atoms with Crippen LogP contribution in [0.4, 0.5) is 0 Å². The molecule has 1 aromatic rings. The summed E-state index contributed by atoms with van der Waals surface area (Å²) in [6.07, 6.45) is 0.785. The Balaban J connectivity index is 2.11. The van der Waals surface area contributed by atoms with Gasteiger partial charge < -0.3 is 15.0 Å². The maximum absolute atomic E-state index is 11.8. The topological polar surface area (TPSA) is 41.6 Å². The van der Waals surface area contributed by atoms with Gasteiger partial charge in [0, 0.05) is 36.6 Å². The molecule has 0 aromatic heterocycles. The van der Waals surface area contributed by atoms with Crippen LogP contribution in [-0.2, 0) is 4.79 Å². The van der Waals surface area contributed by atoms with E-state index in [4.69, 9.17) is 27.9 Å². The Labute approximate surface area is 129 Å². The molecule has 0 bridgehead atoms. The van der Waals surface area contributed by atoms with Crippen LogP contribution in [0.25, 0.3) is 0 Å². The van der Waals surface area contributed by atoms with E-state index in [0.29, 0.717) is 35.5 Å². The highest BCUT2D eigenvalue weighted by Gasteiger charge is 2.24. The first-order chi connectivity index (χ1) is 9.52. The fourth-order valence-electron chi connectivity index (χ4n) is 2.16. The lowest BCUT2D eigenvalue weighted by molar-refractivity contribution is -0.128. The van der Waals surface area contributed by atoms with Crippen molar-refractivity contribution >= 4 is 29.1 Å². The molecule has 1 aliphatic heterocycles. The number of nitrogens with one attached hydrogen (secondary N) is 1. The maximum atomic E-state index is 11.8. The van der Waals surface area contributed by atoms with Gasteiger partial charge >= 0.3 is 0 Å². The first kappa shape index (κ1) is 15.4. The summed E-state index contributed by atoms with van der Waals surface area (Å²) in [6.45, 7) is 3.51. The van der Waals surface area contributed by atoms with Crippen molar-refractivity contribution < 1.29 is 9.53 Å². The van der Waals surface area contributed by atoms with Gasteiger partial charge in [0.25, 0.3) is 0 Å². The third kappa shape index (κ3) is 3.37. The van der Waals surface area contributed by atoms with Crippen LogP contribution in [0, 0.1) is 0 Å². The van der Waals surface area contributed by atoms with E-state index in [1.807, 2.05) is 13.0 Å². The average molecular weight is 317 g/mol. The summed E-state index contributed by atoms with van der Waals surface area (Å²) in [5, 5.41) is 4.34. The molecule has 1 amide bonds. The van der Waals surface area contributed by atoms with Crippen molar-refractivity contribution in [1.29, 1.82) is 0 Å². The Morgan fingerprint density at radius 3 is 2.95 bits per heavy atom. The van der Waals surface area contributed by atoms with E-state index in [-0.39, 0.29) is 11.9 Å². The fraction of sp³-hybridized carbons (Fsp3) is 0.500. The normalized spacial score (nSPS) is 17.3. The first-order valence-electron chi connectivity index (χ1n) is 6.62. The Kier molecular flexibility index (Phi) is 5.13. The number of amides is 1. The molecule has 1 aliphatic rings. The number of hydrogen-bond donors (Lipinski definition) is 1. The SMILES string of the molecule is CCN(C)C(=O)CNC1CCOc2c(Cl)cc(Cl)cc21. The lowest BCUT2D eigenvalue weighted by atomic mass is 10.0. The van der Waals surface area contributed by atoms with Crippen molar-refractivity contribution in [1.82, 2.24) is 10.2 Å². The highest BCUT2D eigenvalue weighted by atomic mass is 35.5. The standard InChI is InChI=1S/C14H18Cl2N2O2/c1-3-18(2)13(19)8-17-12-4-5-20-14-10(12)6-9(15)7-11(14)16/h6-7,12,17H,3-5,8H2,1-2H3. The Morgan fingerprint density at radius 1 is 1.50 bits per heavy atom. The van der Waals surface area contributed by atoms with Gasteiger partial charge in [0.1, 0.15) is 5.75 Å². The summed E-state index contributed by atoms with van der Waals surface area (Å²) < 4.78 is 5.59. The van der Waals surface area contributed by atoms with Gasteiger partial charge in [0.15, 0.2) is 0 Å². The zero-order chi connectivity index (χ0) is 14.7.